The van der Waals surface area contributed by atoms with Crippen molar-refractivity contribution in [3.05, 3.63) is 107 Å². The van der Waals surface area contributed by atoms with Gasteiger partial charge in [0.25, 0.3) is 0 Å². The highest BCUT2D eigenvalue weighted by Crippen LogP contribution is 2.33. The molecule has 4 aromatic rings. The lowest BCUT2D eigenvalue weighted by Crippen LogP contribution is -2.56. The summed E-state index contributed by atoms with van der Waals surface area (Å²) < 4.78 is 38.6. The number of carboxylic acids is 2. The summed E-state index contributed by atoms with van der Waals surface area (Å²) in [6, 6.07) is 19.7. The topological polar surface area (TPSA) is 297 Å². The van der Waals surface area contributed by atoms with Crippen molar-refractivity contribution in [3.8, 4) is 11.5 Å². The molecule has 0 aliphatic carbocycles. The van der Waals surface area contributed by atoms with Crippen LogP contribution in [0, 0.1) is 0 Å². The number of carboxylic acid groups (broad SMARTS) is 2. The Morgan fingerprint density at radius 2 is 1.29 bits per heavy atom. The van der Waals surface area contributed by atoms with Crippen molar-refractivity contribution in [1.82, 2.24) is 10.2 Å². The summed E-state index contributed by atoms with van der Waals surface area (Å²) in [5, 5.41) is 57.2. The fraction of sp³-hybridized carbons (Fsp3) is 0.340. The van der Waals surface area contributed by atoms with Crippen LogP contribution < -0.4 is 5.32 Å². The van der Waals surface area contributed by atoms with E-state index in [1.54, 1.807) is 48.5 Å². The molecule has 0 radical (unpaired) electrons. The number of phenols is 2. The van der Waals surface area contributed by atoms with Gasteiger partial charge in [0.05, 0.1) is 42.0 Å². The minimum Gasteiger partial charge on any atom is -0.507 e. The average molecular weight is 954 g/mol. The maximum atomic E-state index is 15.7. The molecule has 1 fully saturated rings. The first-order chi connectivity index (χ1) is 33.1. The molecule has 362 valence electrons. The van der Waals surface area contributed by atoms with Crippen LogP contribution in [0.2, 0.25) is 0 Å². The molecule has 4 aromatic carbocycles. The van der Waals surface area contributed by atoms with Gasteiger partial charge in [-0.05, 0) is 85.8 Å². The maximum Gasteiger partial charge on any atom is 0.412 e. The van der Waals surface area contributed by atoms with Gasteiger partial charge < -0.3 is 39.4 Å². The fourth-order valence-corrected chi connectivity index (χ4v) is 7.17. The zero-order valence-corrected chi connectivity index (χ0v) is 37.3. The van der Waals surface area contributed by atoms with Gasteiger partial charge in [0, 0.05) is 12.8 Å². The van der Waals surface area contributed by atoms with Crippen molar-refractivity contribution >= 4 is 64.6 Å². The second-order valence-corrected chi connectivity index (χ2v) is 15.7. The van der Waals surface area contributed by atoms with Crippen molar-refractivity contribution in [1.29, 1.82) is 0 Å². The monoisotopic (exact) mass is 953 g/mol. The number of esters is 2. The van der Waals surface area contributed by atoms with Gasteiger partial charge in [0.15, 0.2) is 30.4 Å². The van der Waals surface area contributed by atoms with E-state index in [9.17, 15) is 49.2 Å². The third kappa shape index (κ3) is 13.5. The molecule has 6 rings (SSSR count). The lowest BCUT2D eigenvalue weighted by Gasteiger charge is -2.34. The third-order valence-electron chi connectivity index (χ3n) is 10.7. The Labute approximate surface area is 393 Å². The second kappa shape index (κ2) is 23.5. The number of aromatic hydroxyl groups is 2. The number of aromatic carboxylic acids is 2. The van der Waals surface area contributed by atoms with Gasteiger partial charge in [-0.15, -0.1) is 0 Å². The smallest absolute Gasteiger partial charge is 0.412 e. The summed E-state index contributed by atoms with van der Waals surface area (Å²) in [5.41, 5.74) is 1.30. The summed E-state index contributed by atoms with van der Waals surface area (Å²) in [7, 11) is 0. The van der Waals surface area contributed by atoms with E-state index < -0.39 is 90.6 Å². The number of halogens is 1. The van der Waals surface area contributed by atoms with Crippen molar-refractivity contribution in [2.75, 3.05) is 13.2 Å². The van der Waals surface area contributed by atoms with Crippen molar-refractivity contribution in [3.63, 3.8) is 0 Å². The van der Waals surface area contributed by atoms with Crippen molar-refractivity contribution in [2.45, 2.75) is 89.5 Å². The number of nitrogens with zero attached hydrogens (tertiary/aromatic N) is 6. The van der Waals surface area contributed by atoms with Crippen LogP contribution in [0.25, 0.3) is 0 Å². The minimum absolute atomic E-state index is 0.0372. The molecule has 2 unspecified atom stereocenters. The predicted molar refractivity (Wildman–Crippen MR) is 241 cm³/mol. The van der Waals surface area contributed by atoms with Crippen LogP contribution in [0.5, 0.6) is 11.5 Å². The van der Waals surface area contributed by atoms with Crippen molar-refractivity contribution < 1.29 is 72.5 Å². The Hall–Kier alpha value is -8.14. The van der Waals surface area contributed by atoms with E-state index in [4.69, 9.17) is 18.9 Å². The number of urea groups is 1. The maximum absolute atomic E-state index is 15.7. The lowest BCUT2D eigenvalue weighted by atomic mass is 10.1. The zero-order chi connectivity index (χ0) is 49.6. The van der Waals surface area contributed by atoms with Gasteiger partial charge in [-0.25, -0.2) is 23.6 Å². The summed E-state index contributed by atoms with van der Waals surface area (Å²) >= 11 is 0. The highest BCUT2D eigenvalue weighted by atomic mass is 19.1. The number of aryl methyl sites for hydroxylation is 2. The van der Waals surface area contributed by atoms with Crippen LogP contribution in [-0.4, -0.2) is 111 Å². The van der Waals surface area contributed by atoms with E-state index >= 15 is 4.39 Å². The number of rotatable bonds is 19. The second-order valence-electron chi connectivity index (χ2n) is 15.7. The number of alkyl carbamates (subject to hydrolysis) is 1. The Balaban J connectivity index is 1.17. The number of amides is 3. The van der Waals surface area contributed by atoms with E-state index in [1.807, 2.05) is 6.92 Å². The van der Waals surface area contributed by atoms with Crippen LogP contribution >= 0.6 is 0 Å². The number of amidine groups is 1. The Morgan fingerprint density at radius 1 is 0.768 bits per heavy atom. The van der Waals surface area contributed by atoms with Crippen LogP contribution in [0.15, 0.2) is 110 Å². The highest BCUT2D eigenvalue weighted by Gasteiger charge is 2.52. The number of hydrogen-bond donors (Lipinski definition) is 5. The van der Waals surface area contributed by atoms with Gasteiger partial charge in [-0.2, -0.15) is 25.4 Å². The van der Waals surface area contributed by atoms with E-state index in [-0.39, 0.29) is 54.8 Å². The van der Waals surface area contributed by atoms with Crippen LogP contribution in [0.1, 0.15) is 77.8 Å². The first-order valence-corrected chi connectivity index (χ1v) is 21.7. The summed E-state index contributed by atoms with van der Waals surface area (Å²) in [4.78, 5) is 80.7. The standard InChI is InChI=1S/C47H48FN7O14/c1-3-4-9-22-66-47(65)50-42-33(48)25-55(46(64)49-42)43-41(69-39(59)21-15-28-11-6-8-13-35(28)54-52-30-17-19-37(57)32(24-30)45(62)63)40(26(2)67-43)68-38(58)20-14-27-10-5-7-12-34(27)53-51-29-16-18-36(56)31(23-29)44(60)61/h5-8,10-13,16-19,23-24,26,33,40-41,43,56-57H,3-4,9,14-15,20-22,25H2,1-2H3,(H,60,61)(H,62,63)(H,49,50,64,65)/b53-51+,54-52+/t26-,33?,40+,41+,43?/m1/s1. The highest BCUT2D eigenvalue weighted by molar-refractivity contribution is 6.05. The largest absolute Gasteiger partial charge is 0.507 e. The lowest BCUT2D eigenvalue weighted by molar-refractivity contribution is -0.169. The predicted octanol–water partition coefficient (Wildman–Crippen LogP) is 8.55. The molecular formula is C47H48FN7O14. The van der Waals surface area contributed by atoms with Gasteiger partial charge in [-0.1, -0.05) is 56.2 Å². The number of unbranched alkanes of at least 4 members (excludes halogenated alkanes) is 2. The number of carbonyl (C=O) groups excluding carboxylic acids is 4. The summed E-state index contributed by atoms with van der Waals surface area (Å²) in [5.74, 6) is -5.80. The summed E-state index contributed by atoms with van der Waals surface area (Å²) in [6.07, 6.45) is -6.53. The minimum atomic E-state index is -2.03. The zero-order valence-electron chi connectivity index (χ0n) is 37.3. The molecule has 0 saturated carbocycles. The van der Waals surface area contributed by atoms with Crippen LogP contribution in [0.4, 0.5) is 36.7 Å². The molecule has 21 nitrogen and oxygen atoms in total. The third-order valence-corrected chi connectivity index (χ3v) is 10.7. The SMILES string of the molecule is CCCCCOC(=O)NC1=NC(=O)N(C2O[C@H](C)[C@H](OC(=O)CCc3ccccc3/N=N/c3ccc(O)c(C(=O)O)c3)[C@@H]2OC(=O)CCc2ccccc2/N=N/c2ccc(O)c(C(=O)O)c2)CC1F. The normalized spacial score (nSPS) is 19.1. The number of azo groups is 2. The number of alkyl halides is 1. The van der Waals surface area contributed by atoms with E-state index in [2.05, 4.69) is 30.8 Å². The number of aliphatic imine (C=N–C) groups is 1. The van der Waals surface area contributed by atoms with Gasteiger partial charge in [-0.3, -0.25) is 19.8 Å². The average Bonchev–Trinajstić information content (AvgIpc) is 3.62. The molecule has 69 heavy (non-hydrogen) atoms. The first-order valence-electron chi connectivity index (χ1n) is 21.7. The quantitative estimate of drug-likeness (QED) is 0.0255. The molecule has 1 saturated heterocycles. The molecule has 0 spiro atoms. The van der Waals surface area contributed by atoms with Gasteiger partial charge in [0.2, 0.25) is 0 Å². The van der Waals surface area contributed by atoms with Gasteiger partial charge >= 0.3 is 36.0 Å². The van der Waals surface area contributed by atoms with E-state index in [1.165, 1.54) is 31.2 Å². The Morgan fingerprint density at radius 3 is 1.81 bits per heavy atom. The Kier molecular flexibility index (Phi) is 17.2. The Bertz CT molecular complexity index is 2660. The fourth-order valence-electron chi connectivity index (χ4n) is 7.17. The summed E-state index contributed by atoms with van der Waals surface area (Å²) in [6.45, 7) is 2.86. The molecule has 2 heterocycles. The first kappa shape index (κ1) is 50.3. The molecule has 0 bridgehead atoms. The molecule has 0 aromatic heterocycles. The molecule has 22 heteroatoms. The molecule has 5 N–H and O–H groups in total. The van der Waals surface area contributed by atoms with E-state index in [0.717, 1.165) is 29.9 Å². The van der Waals surface area contributed by atoms with Crippen LogP contribution in [0.3, 0.4) is 0 Å². The molecule has 2 aliphatic heterocycles. The molecule has 2 aliphatic rings. The number of ether oxygens (including phenoxy) is 4. The van der Waals surface area contributed by atoms with Crippen molar-refractivity contribution in [2.24, 2.45) is 25.4 Å². The number of nitrogens with one attached hydrogen (secondary N) is 1. The number of benzene rings is 4. The van der Waals surface area contributed by atoms with Gasteiger partial charge in [0.1, 0.15) is 22.6 Å². The number of hydrogen-bond acceptors (Lipinski definition) is 16. The number of carbonyl (C=O) groups is 6. The molecule has 3 amide bonds. The van der Waals surface area contributed by atoms with Crippen LogP contribution in [-0.2, 0) is 41.4 Å². The van der Waals surface area contributed by atoms with E-state index in [0.29, 0.717) is 28.9 Å². The molecule has 5 atom stereocenters. The molecular weight excluding hydrogens is 906 g/mol.